The summed E-state index contributed by atoms with van der Waals surface area (Å²) in [5.74, 6) is 1.77. The summed E-state index contributed by atoms with van der Waals surface area (Å²) >= 11 is 0. The second-order valence-electron chi connectivity index (χ2n) is 9.57. The molecule has 1 aliphatic rings. The van der Waals surface area contributed by atoms with Crippen molar-refractivity contribution in [3.8, 4) is 28.0 Å². The summed E-state index contributed by atoms with van der Waals surface area (Å²) in [5.41, 5.74) is 6.85. The molecule has 0 amide bonds. The molecule has 1 saturated carbocycles. The Morgan fingerprint density at radius 3 is 1.91 bits per heavy atom. The Bertz CT molecular complexity index is 1090. The molecule has 0 aromatic heterocycles. The van der Waals surface area contributed by atoms with Crippen LogP contribution in [0, 0.1) is 5.92 Å². The van der Waals surface area contributed by atoms with Gasteiger partial charge in [0.2, 0.25) is 0 Å². The van der Waals surface area contributed by atoms with Crippen LogP contribution in [0.2, 0.25) is 0 Å². The largest absolute Gasteiger partial charge is 0.494 e. The molecule has 1 fully saturated rings. The van der Waals surface area contributed by atoms with Crippen LogP contribution in [0.15, 0.2) is 78.4 Å². The number of carbonyl (C=O) groups excluding carboxylic acids is 1. The van der Waals surface area contributed by atoms with Gasteiger partial charge in [0.25, 0.3) is 0 Å². The van der Waals surface area contributed by atoms with E-state index < -0.39 is 0 Å². The first-order valence-electron chi connectivity index (χ1n) is 12.8. The number of unbranched alkanes of at least 4 members (excludes halogenated alkanes) is 3. The third kappa shape index (κ3) is 6.47. The molecule has 0 heterocycles. The Kier molecular flexibility index (Phi) is 8.36. The SMILES string of the molecule is CCCCCCOc1ccc(-c2ccc(-c3ccc(/C=C4/CC[C@@H](C)CC4=O)cc3)cc2)cc1. The van der Waals surface area contributed by atoms with E-state index in [4.69, 9.17) is 4.74 Å². The molecule has 3 aromatic carbocycles. The normalized spacial score (nSPS) is 17.2. The molecule has 0 unspecified atom stereocenters. The zero-order valence-electron chi connectivity index (χ0n) is 20.6. The van der Waals surface area contributed by atoms with Crippen LogP contribution < -0.4 is 4.74 Å². The van der Waals surface area contributed by atoms with Crippen LogP contribution in [0.1, 0.15) is 64.4 Å². The zero-order valence-corrected chi connectivity index (χ0v) is 20.6. The van der Waals surface area contributed by atoms with Crippen LogP contribution in [0.5, 0.6) is 5.75 Å². The van der Waals surface area contributed by atoms with Crippen molar-refractivity contribution in [1.82, 2.24) is 0 Å². The number of Topliss-reactive ketones (excluding diaryl/α,β-unsaturated/α-hetero) is 1. The van der Waals surface area contributed by atoms with Crippen LogP contribution in [0.3, 0.4) is 0 Å². The highest BCUT2D eigenvalue weighted by Crippen LogP contribution is 2.29. The average molecular weight is 453 g/mol. The number of hydrogen-bond acceptors (Lipinski definition) is 2. The van der Waals surface area contributed by atoms with Gasteiger partial charge in [0.05, 0.1) is 6.61 Å². The van der Waals surface area contributed by atoms with E-state index in [0.29, 0.717) is 18.1 Å². The van der Waals surface area contributed by atoms with Crippen molar-refractivity contribution >= 4 is 11.9 Å². The van der Waals surface area contributed by atoms with Crippen LogP contribution >= 0.6 is 0 Å². The van der Waals surface area contributed by atoms with Crippen molar-refractivity contribution in [3.05, 3.63) is 83.9 Å². The molecule has 1 atom stereocenters. The number of rotatable bonds is 9. The van der Waals surface area contributed by atoms with E-state index in [2.05, 4.69) is 92.7 Å². The summed E-state index contributed by atoms with van der Waals surface area (Å²) in [5, 5.41) is 0. The first-order valence-corrected chi connectivity index (χ1v) is 12.8. The molecule has 3 aromatic rings. The number of ether oxygens (including phenoxy) is 1. The molecule has 0 saturated heterocycles. The number of hydrogen-bond donors (Lipinski definition) is 0. The van der Waals surface area contributed by atoms with E-state index >= 15 is 0 Å². The Labute approximate surface area is 204 Å². The van der Waals surface area contributed by atoms with Gasteiger partial charge >= 0.3 is 0 Å². The number of benzene rings is 3. The first kappa shape index (κ1) is 24.0. The molecule has 0 aliphatic heterocycles. The summed E-state index contributed by atoms with van der Waals surface area (Å²) in [6, 6.07) is 25.6. The van der Waals surface area contributed by atoms with Crippen molar-refractivity contribution in [2.24, 2.45) is 5.92 Å². The summed E-state index contributed by atoms with van der Waals surface area (Å²) in [7, 11) is 0. The van der Waals surface area contributed by atoms with Crippen molar-refractivity contribution < 1.29 is 9.53 Å². The topological polar surface area (TPSA) is 26.3 Å². The number of allylic oxidation sites excluding steroid dienone is 1. The molecule has 2 heteroatoms. The second-order valence-corrected chi connectivity index (χ2v) is 9.57. The molecule has 1 aliphatic carbocycles. The summed E-state index contributed by atoms with van der Waals surface area (Å²) in [4.78, 5) is 12.3. The molecule has 0 bridgehead atoms. The van der Waals surface area contributed by atoms with Crippen LogP contribution in [0.4, 0.5) is 0 Å². The van der Waals surface area contributed by atoms with E-state index in [-0.39, 0.29) is 0 Å². The lowest BCUT2D eigenvalue weighted by molar-refractivity contribution is -0.117. The Balaban J connectivity index is 1.36. The molecule has 34 heavy (non-hydrogen) atoms. The molecule has 0 N–H and O–H groups in total. The summed E-state index contributed by atoms with van der Waals surface area (Å²) in [6.45, 7) is 5.18. The minimum absolute atomic E-state index is 0.310. The fraction of sp³-hybridized carbons (Fsp3) is 0.344. The number of ketones is 1. The lowest BCUT2D eigenvalue weighted by atomic mass is 9.85. The molecule has 4 rings (SSSR count). The standard InChI is InChI=1S/C32H36O2/c1-3-4-5-6-21-34-31-19-17-29(18-20-31)28-15-13-27(14-16-28)26-11-8-25(9-12-26)23-30-10-7-24(2)22-32(30)33/h8-9,11-20,23-24H,3-7,10,21-22H2,1-2H3/b30-23-/t24-/m1/s1. The van der Waals surface area contributed by atoms with Crippen LogP contribution in [0.25, 0.3) is 28.3 Å². The van der Waals surface area contributed by atoms with E-state index in [1.165, 1.54) is 41.5 Å². The Morgan fingerprint density at radius 2 is 1.35 bits per heavy atom. The average Bonchev–Trinajstić information content (AvgIpc) is 2.87. The fourth-order valence-electron chi connectivity index (χ4n) is 4.53. The minimum atomic E-state index is 0.310. The smallest absolute Gasteiger partial charge is 0.159 e. The van der Waals surface area contributed by atoms with Gasteiger partial charge in [-0.3, -0.25) is 4.79 Å². The van der Waals surface area contributed by atoms with Crippen molar-refractivity contribution in [2.75, 3.05) is 6.61 Å². The molecule has 176 valence electrons. The maximum absolute atomic E-state index is 12.3. The highest BCUT2D eigenvalue weighted by Gasteiger charge is 2.20. The lowest BCUT2D eigenvalue weighted by Gasteiger charge is -2.19. The van der Waals surface area contributed by atoms with Gasteiger partial charge in [-0.05, 0) is 76.8 Å². The van der Waals surface area contributed by atoms with E-state index in [1.54, 1.807) is 0 Å². The van der Waals surface area contributed by atoms with Crippen LogP contribution in [-0.2, 0) is 4.79 Å². The second kappa shape index (κ2) is 11.8. The van der Waals surface area contributed by atoms with E-state index in [9.17, 15) is 4.79 Å². The van der Waals surface area contributed by atoms with Gasteiger partial charge in [-0.15, -0.1) is 0 Å². The molecular formula is C32H36O2. The van der Waals surface area contributed by atoms with Gasteiger partial charge in [0.1, 0.15) is 5.75 Å². The lowest BCUT2D eigenvalue weighted by Crippen LogP contribution is -2.15. The molecule has 2 nitrogen and oxygen atoms in total. The summed E-state index contributed by atoms with van der Waals surface area (Å²) in [6.07, 6.45) is 9.64. The predicted molar refractivity (Wildman–Crippen MR) is 143 cm³/mol. The highest BCUT2D eigenvalue weighted by molar-refractivity contribution is 6.00. The van der Waals surface area contributed by atoms with Crippen molar-refractivity contribution in [2.45, 2.75) is 58.8 Å². The first-order chi connectivity index (χ1) is 16.6. The maximum atomic E-state index is 12.3. The monoisotopic (exact) mass is 452 g/mol. The quantitative estimate of drug-likeness (QED) is 0.240. The molecular weight excluding hydrogens is 416 g/mol. The van der Waals surface area contributed by atoms with Gasteiger partial charge in [0, 0.05) is 6.42 Å². The van der Waals surface area contributed by atoms with Gasteiger partial charge in [-0.2, -0.15) is 0 Å². The predicted octanol–water partition coefficient (Wildman–Crippen LogP) is 8.75. The van der Waals surface area contributed by atoms with Gasteiger partial charge < -0.3 is 4.74 Å². The minimum Gasteiger partial charge on any atom is -0.494 e. The Morgan fingerprint density at radius 1 is 0.794 bits per heavy atom. The van der Waals surface area contributed by atoms with E-state index in [0.717, 1.165) is 42.8 Å². The molecule has 0 radical (unpaired) electrons. The Hall–Kier alpha value is -3.13. The highest BCUT2D eigenvalue weighted by atomic mass is 16.5. The van der Waals surface area contributed by atoms with Crippen molar-refractivity contribution in [3.63, 3.8) is 0 Å². The number of carbonyl (C=O) groups is 1. The van der Waals surface area contributed by atoms with Crippen molar-refractivity contribution in [1.29, 1.82) is 0 Å². The van der Waals surface area contributed by atoms with E-state index in [1.807, 2.05) is 0 Å². The van der Waals surface area contributed by atoms with Crippen LogP contribution in [-0.4, -0.2) is 12.4 Å². The summed E-state index contributed by atoms with van der Waals surface area (Å²) < 4.78 is 5.87. The van der Waals surface area contributed by atoms with Gasteiger partial charge in [0.15, 0.2) is 5.78 Å². The van der Waals surface area contributed by atoms with Gasteiger partial charge in [-0.25, -0.2) is 0 Å². The fourth-order valence-corrected chi connectivity index (χ4v) is 4.53. The third-order valence-corrected chi connectivity index (χ3v) is 6.72. The molecule has 0 spiro atoms. The third-order valence-electron chi connectivity index (χ3n) is 6.72. The van der Waals surface area contributed by atoms with Gasteiger partial charge in [-0.1, -0.05) is 93.8 Å². The maximum Gasteiger partial charge on any atom is 0.159 e. The zero-order chi connectivity index (χ0) is 23.8.